The van der Waals surface area contributed by atoms with Crippen LogP contribution in [0.15, 0.2) is 89.6 Å². The van der Waals surface area contributed by atoms with Gasteiger partial charge in [-0.25, -0.2) is 0 Å². The first-order valence-electron chi connectivity index (χ1n) is 9.21. The van der Waals surface area contributed by atoms with Gasteiger partial charge in [0.25, 0.3) is 0 Å². The number of rotatable bonds is 7. The SMILES string of the molecule is O=C(/C=C/c1ccc(COc2cccc(Cl)c2Cl)o1)c1cccc(-n2cccc2)c1. The van der Waals surface area contributed by atoms with E-state index in [0.29, 0.717) is 32.9 Å². The van der Waals surface area contributed by atoms with Gasteiger partial charge in [0.05, 0.1) is 5.02 Å². The predicted molar refractivity (Wildman–Crippen MR) is 119 cm³/mol. The van der Waals surface area contributed by atoms with Crippen molar-refractivity contribution in [2.24, 2.45) is 0 Å². The number of hydrogen-bond donors (Lipinski definition) is 0. The van der Waals surface area contributed by atoms with E-state index in [1.165, 1.54) is 6.08 Å². The summed E-state index contributed by atoms with van der Waals surface area (Å²) in [6.45, 7) is 0.195. The van der Waals surface area contributed by atoms with Gasteiger partial charge in [0.1, 0.15) is 28.9 Å². The summed E-state index contributed by atoms with van der Waals surface area (Å²) in [5.74, 6) is 1.53. The lowest BCUT2D eigenvalue weighted by atomic mass is 10.1. The van der Waals surface area contributed by atoms with Crippen molar-refractivity contribution >= 4 is 35.1 Å². The van der Waals surface area contributed by atoms with Gasteiger partial charge in [-0.2, -0.15) is 0 Å². The van der Waals surface area contributed by atoms with Gasteiger partial charge in [0.15, 0.2) is 5.78 Å². The fourth-order valence-corrected chi connectivity index (χ4v) is 3.23. The van der Waals surface area contributed by atoms with Crippen LogP contribution in [0.5, 0.6) is 5.75 Å². The van der Waals surface area contributed by atoms with Crippen LogP contribution >= 0.6 is 23.2 Å². The number of hydrogen-bond acceptors (Lipinski definition) is 3. The number of ketones is 1. The summed E-state index contributed by atoms with van der Waals surface area (Å²) in [5.41, 5.74) is 1.53. The highest BCUT2D eigenvalue weighted by atomic mass is 35.5. The summed E-state index contributed by atoms with van der Waals surface area (Å²) in [4.78, 5) is 12.5. The first kappa shape index (κ1) is 20.1. The fraction of sp³-hybridized carbons (Fsp3) is 0.0417. The zero-order valence-electron chi connectivity index (χ0n) is 15.8. The molecule has 150 valence electrons. The van der Waals surface area contributed by atoms with Crippen LogP contribution in [0.3, 0.4) is 0 Å². The van der Waals surface area contributed by atoms with Crippen LogP contribution in [-0.4, -0.2) is 10.4 Å². The van der Waals surface area contributed by atoms with Crippen LogP contribution in [0.1, 0.15) is 21.9 Å². The minimum atomic E-state index is -0.107. The van der Waals surface area contributed by atoms with Crippen molar-refractivity contribution in [1.82, 2.24) is 4.57 Å². The van der Waals surface area contributed by atoms with Gasteiger partial charge in [-0.15, -0.1) is 0 Å². The molecule has 2 heterocycles. The van der Waals surface area contributed by atoms with Crippen molar-refractivity contribution in [3.05, 3.63) is 112 Å². The Morgan fingerprint density at radius 1 is 1.00 bits per heavy atom. The van der Waals surface area contributed by atoms with Gasteiger partial charge in [-0.3, -0.25) is 4.79 Å². The van der Waals surface area contributed by atoms with E-state index in [1.807, 2.05) is 47.3 Å². The Labute approximate surface area is 183 Å². The molecule has 0 amide bonds. The molecule has 0 saturated carbocycles. The summed E-state index contributed by atoms with van der Waals surface area (Å²) in [5, 5.41) is 0.787. The van der Waals surface area contributed by atoms with Crippen LogP contribution in [0, 0.1) is 0 Å². The number of benzene rings is 2. The Bertz CT molecular complexity index is 1190. The Morgan fingerprint density at radius 3 is 2.63 bits per heavy atom. The number of allylic oxidation sites excluding steroid dienone is 1. The van der Waals surface area contributed by atoms with E-state index >= 15 is 0 Å². The molecular weight excluding hydrogens is 421 g/mol. The topological polar surface area (TPSA) is 44.4 Å². The molecule has 0 atom stereocenters. The average molecular weight is 438 g/mol. The molecule has 6 heteroatoms. The van der Waals surface area contributed by atoms with E-state index < -0.39 is 0 Å². The molecule has 0 fully saturated rings. The second kappa shape index (κ2) is 9.08. The van der Waals surface area contributed by atoms with Crippen molar-refractivity contribution in [3.63, 3.8) is 0 Å². The summed E-state index contributed by atoms with van der Waals surface area (Å²) >= 11 is 12.1. The molecule has 0 radical (unpaired) electrons. The maximum absolute atomic E-state index is 12.5. The van der Waals surface area contributed by atoms with E-state index in [4.69, 9.17) is 32.4 Å². The van der Waals surface area contributed by atoms with Gasteiger partial charge < -0.3 is 13.7 Å². The van der Waals surface area contributed by atoms with Crippen LogP contribution in [0.4, 0.5) is 0 Å². The van der Waals surface area contributed by atoms with E-state index in [-0.39, 0.29) is 12.4 Å². The van der Waals surface area contributed by atoms with Gasteiger partial charge >= 0.3 is 0 Å². The van der Waals surface area contributed by atoms with Crippen LogP contribution in [0.2, 0.25) is 10.0 Å². The monoisotopic (exact) mass is 437 g/mol. The maximum atomic E-state index is 12.5. The summed E-state index contributed by atoms with van der Waals surface area (Å²) in [6, 6.07) is 20.1. The highest BCUT2D eigenvalue weighted by Crippen LogP contribution is 2.32. The molecule has 30 heavy (non-hydrogen) atoms. The molecule has 2 aromatic carbocycles. The van der Waals surface area contributed by atoms with Crippen molar-refractivity contribution in [3.8, 4) is 11.4 Å². The zero-order valence-corrected chi connectivity index (χ0v) is 17.3. The number of furan rings is 1. The molecule has 0 aliphatic carbocycles. The van der Waals surface area contributed by atoms with E-state index in [1.54, 1.807) is 42.5 Å². The molecule has 0 spiro atoms. The lowest BCUT2D eigenvalue weighted by molar-refractivity contribution is 0.104. The number of carbonyl (C=O) groups is 1. The molecule has 4 nitrogen and oxygen atoms in total. The smallest absolute Gasteiger partial charge is 0.186 e. The number of ether oxygens (including phenoxy) is 1. The van der Waals surface area contributed by atoms with Crippen molar-refractivity contribution in [2.45, 2.75) is 6.61 Å². The standard InChI is InChI=1S/C24H17Cl2NO3/c25-21-7-4-8-23(24(21)26)29-16-20-10-9-19(30-20)11-12-22(28)17-5-3-6-18(15-17)27-13-1-2-14-27/h1-15H,16H2/b12-11+. The van der Waals surface area contributed by atoms with Crippen molar-refractivity contribution < 1.29 is 13.9 Å². The molecule has 0 aliphatic rings. The average Bonchev–Trinajstić information content (AvgIpc) is 3.45. The number of carbonyl (C=O) groups excluding carboxylic acids is 1. The normalized spacial score (nSPS) is 11.1. The van der Waals surface area contributed by atoms with Gasteiger partial charge in [-0.05, 0) is 60.7 Å². The number of aromatic nitrogens is 1. The summed E-state index contributed by atoms with van der Waals surface area (Å²) < 4.78 is 13.3. The first-order valence-corrected chi connectivity index (χ1v) is 9.97. The van der Waals surface area contributed by atoms with Crippen LogP contribution in [0.25, 0.3) is 11.8 Å². The molecule has 0 bridgehead atoms. The molecule has 0 saturated heterocycles. The maximum Gasteiger partial charge on any atom is 0.186 e. The lowest BCUT2D eigenvalue weighted by Crippen LogP contribution is -1.97. The molecule has 0 N–H and O–H groups in total. The molecule has 4 rings (SSSR count). The Morgan fingerprint density at radius 2 is 1.80 bits per heavy atom. The molecule has 0 aliphatic heterocycles. The van der Waals surface area contributed by atoms with Gasteiger partial charge in [0.2, 0.25) is 0 Å². The van der Waals surface area contributed by atoms with Crippen LogP contribution < -0.4 is 4.74 Å². The molecule has 0 unspecified atom stereocenters. The number of nitrogens with zero attached hydrogens (tertiary/aromatic N) is 1. The first-order chi connectivity index (χ1) is 14.6. The second-order valence-electron chi connectivity index (χ2n) is 6.48. The van der Waals surface area contributed by atoms with Crippen molar-refractivity contribution in [1.29, 1.82) is 0 Å². The third-order valence-corrected chi connectivity index (χ3v) is 5.20. The minimum absolute atomic E-state index is 0.107. The third kappa shape index (κ3) is 4.67. The predicted octanol–water partition coefficient (Wildman–Crippen LogP) is 6.85. The highest BCUT2D eigenvalue weighted by molar-refractivity contribution is 6.42. The lowest BCUT2D eigenvalue weighted by Gasteiger charge is -2.07. The van der Waals surface area contributed by atoms with E-state index in [9.17, 15) is 4.79 Å². The van der Waals surface area contributed by atoms with Gasteiger partial charge in [-0.1, -0.05) is 41.4 Å². The summed E-state index contributed by atoms with van der Waals surface area (Å²) in [6.07, 6.45) is 7.00. The largest absolute Gasteiger partial charge is 0.484 e. The molecule has 2 aromatic heterocycles. The van der Waals surface area contributed by atoms with E-state index in [0.717, 1.165) is 5.69 Å². The van der Waals surface area contributed by atoms with Crippen LogP contribution in [-0.2, 0) is 6.61 Å². The fourth-order valence-electron chi connectivity index (χ4n) is 2.89. The Hall–Kier alpha value is -3.21. The Kier molecular flexibility index (Phi) is 6.07. The second-order valence-corrected chi connectivity index (χ2v) is 7.27. The minimum Gasteiger partial charge on any atom is -0.484 e. The molecule has 4 aromatic rings. The quantitative estimate of drug-likeness (QED) is 0.234. The Balaban J connectivity index is 1.40. The number of halogens is 2. The highest BCUT2D eigenvalue weighted by Gasteiger charge is 2.08. The zero-order chi connectivity index (χ0) is 20.9. The van der Waals surface area contributed by atoms with Gasteiger partial charge in [0, 0.05) is 23.6 Å². The van der Waals surface area contributed by atoms with E-state index in [2.05, 4.69) is 0 Å². The summed E-state index contributed by atoms with van der Waals surface area (Å²) in [7, 11) is 0. The third-order valence-electron chi connectivity index (χ3n) is 4.40. The molecular formula is C24H17Cl2NO3. The van der Waals surface area contributed by atoms with Crippen molar-refractivity contribution in [2.75, 3.05) is 0 Å².